The molecule has 0 saturated carbocycles. The van der Waals surface area contributed by atoms with Gasteiger partial charge in [-0.1, -0.05) is 18.2 Å². The second kappa shape index (κ2) is 5.93. The van der Waals surface area contributed by atoms with E-state index in [2.05, 4.69) is 34.5 Å². The topological polar surface area (TPSA) is 24.5 Å². The normalized spacial score (nSPS) is 27.0. The molecule has 19 heavy (non-hydrogen) atoms. The van der Waals surface area contributed by atoms with Crippen LogP contribution in [0.25, 0.3) is 0 Å². The van der Waals surface area contributed by atoms with E-state index in [1.54, 1.807) is 0 Å². The van der Waals surface area contributed by atoms with E-state index in [-0.39, 0.29) is 0 Å². The molecule has 3 nitrogen and oxygen atoms in total. The van der Waals surface area contributed by atoms with Crippen LogP contribution in [0.2, 0.25) is 0 Å². The first-order valence-electron chi connectivity index (χ1n) is 7.41. The van der Waals surface area contributed by atoms with E-state index in [9.17, 15) is 0 Å². The van der Waals surface area contributed by atoms with Crippen molar-refractivity contribution in [3.8, 4) is 0 Å². The van der Waals surface area contributed by atoms with Crippen molar-refractivity contribution in [3.05, 3.63) is 29.8 Å². The molecular weight excluding hydrogens is 236 g/mol. The van der Waals surface area contributed by atoms with Crippen LogP contribution in [0.15, 0.2) is 24.3 Å². The largest absolute Gasteiger partial charge is 0.385 e. The second-order valence-electron chi connectivity index (χ2n) is 5.87. The highest BCUT2D eigenvalue weighted by atomic mass is 16.5. The first-order chi connectivity index (χ1) is 9.36. The Kier molecular flexibility index (Phi) is 4.04. The summed E-state index contributed by atoms with van der Waals surface area (Å²) in [6.07, 6.45) is 2.54. The van der Waals surface area contributed by atoms with E-state index in [4.69, 9.17) is 4.74 Å². The van der Waals surface area contributed by atoms with Gasteiger partial charge in [0.05, 0.1) is 6.61 Å². The Morgan fingerprint density at radius 2 is 2.21 bits per heavy atom. The standard InChI is InChI=1S/C16H24N2O/c1-19-12-13-7-9-18(10-13)11-14-6-8-17-16-5-3-2-4-15(14)16/h2-5,13-14,17H,6-12H2,1H3. The minimum absolute atomic E-state index is 0.693. The van der Waals surface area contributed by atoms with Crippen molar-refractivity contribution in [2.24, 2.45) is 5.92 Å². The number of fused-ring (bicyclic) bond motifs is 1. The first kappa shape index (κ1) is 12.9. The molecule has 3 heteroatoms. The summed E-state index contributed by atoms with van der Waals surface area (Å²) in [7, 11) is 1.81. The predicted molar refractivity (Wildman–Crippen MR) is 78.7 cm³/mol. The van der Waals surface area contributed by atoms with E-state index in [0.29, 0.717) is 5.92 Å². The van der Waals surface area contributed by atoms with E-state index in [1.165, 1.54) is 43.7 Å². The zero-order chi connectivity index (χ0) is 13.1. The highest BCUT2D eigenvalue weighted by Crippen LogP contribution is 2.32. The maximum absolute atomic E-state index is 5.28. The van der Waals surface area contributed by atoms with Crippen molar-refractivity contribution in [1.82, 2.24) is 4.90 Å². The maximum atomic E-state index is 5.28. The molecule has 1 fully saturated rings. The number of ether oxygens (including phenoxy) is 1. The van der Waals surface area contributed by atoms with Crippen molar-refractivity contribution in [1.29, 1.82) is 0 Å². The van der Waals surface area contributed by atoms with Crippen LogP contribution in [-0.4, -0.2) is 44.8 Å². The number of rotatable bonds is 4. The summed E-state index contributed by atoms with van der Waals surface area (Å²) < 4.78 is 5.28. The Morgan fingerprint density at radius 3 is 3.11 bits per heavy atom. The lowest BCUT2D eigenvalue weighted by Crippen LogP contribution is -2.30. The lowest BCUT2D eigenvalue weighted by molar-refractivity contribution is 0.152. The van der Waals surface area contributed by atoms with Gasteiger partial charge in [-0.3, -0.25) is 0 Å². The molecule has 0 bridgehead atoms. The molecule has 2 aliphatic rings. The lowest BCUT2D eigenvalue weighted by atomic mass is 9.90. The molecule has 2 heterocycles. The summed E-state index contributed by atoms with van der Waals surface area (Å²) in [5.74, 6) is 1.43. The fraction of sp³-hybridized carbons (Fsp3) is 0.625. The number of para-hydroxylation sites is 1. The SMILES string of the molecule is COCC1CCN(CC2CCNc3ccccc32)C1. The van der Waals surface area contributed by atoms with E-state index in [0.717, 1.165) is 19.1 Å². The summed E-state index contributed by atoms with van der Waals surface area (Å²) in [6.45, 7) is 5.68. The van der Waals surface area contributed by atoms with Gasteiger partial charge in [0.25, 0.3) is 0 Å². The van der Waals surface area contributed by atoms with Gasteiger partial charge in [0.15, 0.2) is 0 Å². The van der Waals surface area contributed by atoms with Crippen molar-refractivity contribution >= 4 is 5.69 Å². The zero-order valence-corrected chi connectivity index (χ0v) is 11.8. The summed E-state index contributed by atoms with van der Waals surface area (Å²) in [4.78, 5) is 2.62. The van der Waals surface area contributed by atoms with Gasteiger partial charge in [-0.15, -0.1) is 0 Å². The van der Waals surface area contributed by atoms with Crippen molar-refractivity contribution < 1.29 is 4.74 Å². The molecule has 2 aliphatic heterocycles. The molecule has 1 aromatic rings. The van der Waals surface area contributed by atoms with Crippen LogP contribution in [0, 0.1) is 5.92 Å². The molecular formula is C16H24N2O. The van der Waals surface area contributed by atoms with Crippen LogP contribution in [0.1, 0.15) is 24.3 Å². The monoisotopic (exact) mass is 260 g/mol. The molecule has 1 aromatic carbocycles. The summed E-state index contributed by atoms with van der Waals surface area (Å²) >= 11 is 0. The minimum Gasteiger partial charge on any atom is -0.385 e. The van der Waals surface area contributed by atoms with Crippen LogP contribution in [0.5, 0.6) is 0 Å². The highest BCUT2D eigenvalue weighted by Gasteiger charge is 2.27. The fourth-order valence-electron chi connectivity index (χ4n) is 3.50. The van der Waals surface area contributed by atoms with Gasteiger partial charge < -0.3 is 15.0 Å². The number of nitrogens with one attached hydrogen (secondary N) is 1. The zero-order valence-electron chi connectivity index (χ0n) is 11.8. The summed E-state index contributed by atoms with van der Waals surface area (Å²) in [6, 6.07) is 8.78. The van der Waals surface area contributed by atoms with E-state index >= 15 is 0 Å². The molecule has 1 saturated heterocycles. The minimum atomic E-state index is 0.693. The number of nitrogens with zero attached hydrogens (tertiary/aromatic N) is 1. The molecule has 0 radical (unpaired) electrons. The molecule has 2 atom stereocenters. The third-order valence-corrected chi connectivity index (χ3v) is 4.46. The average Bonchev–Trinajstić information content (AvgIpc) is 2.87. The Bertz CT molecular complexity index is 421. The van der Waals surface area contributed by atoms with Gasteiger partial charge >= 0.3 is 0 Å². The molecule has 0 aromatic heterocycles. The Hall–Kier alpha value is -1.06. The number of hydrogen-bond donors (Lipinski definition) is 1. The highest BCUT2D eigenvalue weighted by molar-refractivity contribution is 5.54. The Labute approximate surface area is 115 Å². The van der Waals surface area contributed by atoms with Crippen molar-refractivity contribution in [2.45, 2.75) is 18.8 Å². The molecule has 104 valence electrons. The van der Waals surface area contributed by atoms with Crippen LogP contribution in [0.4, 0.5) is 5.69 Å². The van der Waals surface area contributed by atoms with Crippen LogP contribution in [0.3, 0.4) is 0 Å². The second-order valence-corrected chi connectivity index (χ2v) is 5.87. The molecule has 2 unspecified atom stereocenters. The van der Waals surface area contributed by atoms with Gasteiger partial charge in [0.1, 0.15) is 0 Å². The average molecular weight is 260 g/mol. The third kappa shape index (κ3) is 2.93. The van der Waals surface area contributed by atoms with E-state index in [1.807, 2.05) is 7.11 Å². The third-order valence-electron chi connectivity index (χ3n) is 4.46. The Morgan fingerprint density at radius 1 is 1.32 bits per heavy atom. The number of benzene rings is 1. The molecule has 3 rings (SSSR count). The van der Waals surface area contributed by atoms with Gasteiger partial charge in [-0.05, 0) is 36.9 Å². The molecule has 1 N–H and O–H groups in total. The maximum Gasteiger partial charge on any atom is 0.0503 e. The van der Waals surface area contributed by atoms with Crippen LogP contribution >= 0.6 is 0 Å². The van der Waals surface area contributed by atoms with Crippen molar-refractivity contribution in [2.75, 3.05) is 45.2 Å². The lowest BCUT2D eigenvalue weighted by Gasteiger charge is -2.30. The van der Waals surface area contributed by atoms with Gasteiger partial charge in [-0.25, -0.2) is 0 Å². The quantitative estimate of drug-likeness (QED) is 0.900. The van der Waals surface area contributed by atoms with Crippen LogP contribution < -0.4 is 5.32 Å². The predicted octanol–water partition coefficient (Wildman–Crippen LogP) is 2.55. The van der Waals surface area contributed by atoms with Gasteiger partial charge in [0, 0.05) is 38.3 Å². The fourth-order valence-corrected chi connectivity index (χ4v) is 3.50. The number of methoxy groups -OCH3 is 1. The van der Waals surface area contributed by atoms with Gasteiger partial charge in [0.2, 0.25) is 0 Å². The molecule has 0 spiro atoms. The van der Waals surface area contributed by atoms with Gasteiger partial charge in [-0.2, -0.15) is 0 Å². The van der Waals surface area contributed by atoms with E-state index < -0.39 is 0 Å². The van der Waals surface area contributed by atoms with Crippen molar-refractivity contribution in [3.63, 3.8) is 0 Å². The molecule has 0 aliphatic carbocycles. The molecule has 0 amide bonds. The number of hydrogen-bond acceptors (Lipinski definition) is 3. The van der Waals surface area contributed by atoms with Crippen LogP contribution in [-0.2, 0) is 4.74 Å². The summed E-state index contributed by atoms with van der Waals surface area (Å²) in [5.41, 5.74) is 2.84. The number of likely N-dealkylation sites (tertiary alicyclic amines) is 1. The summed E-state index contributed by atoms with van der Waals surface area (Å²) in [5, 5.41) is 3.51. The smallest absolute Gasteiger partial charge is 0.0503 e. The number of anilines is 1. The Balaban J connectivity index is 1.62. The first-order valence-corrected chi connectivity index (χ1v) is 7.41.